The number of aliphatic hydroxyl groups excluding tert-OH is 1. The van der Waals surface area contributed by atoms with Gasteiger partial charge in [-0.05, 0) is 74.8 Å². The number of amides is 1. The third-order valence-corrected chi connectivity index (χ3v) is 8.94. The molecule has 5 heterocycles. The molecule has 2 aromatic heterocycles. The number of methoxy groups -OCH3 is 1. The fourth-order valence-corrected chi connectivity index (χ4v) is 6.76. The number of piperidine rings is 1. The van der Waals surface area contributed by atoms with E-state index in [4.69, 9.17) is 19.2 Å². The fraction of sp³-hybridized carbons (Fsp3) is 0.516. The lowest BCUT2D eigenvalue weighted by molar-refractivity contribution is -0.0394. The number of rotatable bonds is 9. The number of hydrogen-bond acceptors (Lipinski definition) is 8. The minimum absolute atomic E-state index is 0.0364. The van der Waals surface area contributed by atoms with Crippen LogP contribution in [0.5, 0.6) is 5.75 Å². The first kappa shape index (κ1) is 28.4. The van der Waals surface area contributed by atoms with E-state index in [2.05, 4.69) is 10.00 Å². The van der Waals surface area contributed by atoms with Crippen molar-refractivity contribution >= 4 is 11.9 Å². The molecule has 11 heteroatoms. The van der Waals surface area contributed by atoms with Gasteiger partial charge in [-0.1, -0.05) is 6.07 Å². The maximum atomic E-state index is 11.7. The van der Waals surface area contributed by atoms with Crippen LogP contribution in [0, 0.1) is 0 Å². The maximum absolute atomic E-state index is 11.7. The highest BCUT2D eigenvalue weighted by atomic mass is 16.7. The predicted molar refractivity (Wildman–Crippen MR) is 156 cm³/mol. The molecule has 1 unspecified atom stereocenters. The third-order valence-electron chi connectivity index (χ3n) is 8.94. The number of ether oxygens (including phenoxy) is 3. The third kappa shape index (κ3) is 5.56. The summed E-state index contributed by atoms with van der Waals surface area (Å²) in [5.41, 5.74) is 4.03. The number of hydrogen-bond donors (Lipinski definition) is 2. The van der Waals surface area contributed by atoms with Crippen LogP contribution in [0.1, 0.15) is 56.9 Å². The van der Waals surface area contributed by atoms with Crippen molar-refractivity contribution in [1.29, 1.82) is 0 Å². The smallest absolute Gasteiger partial charge is 0.407 e. The molecule has 0 radical (unpaired) electrons. The van der Waals surface area contributed by atoms with Crippen LogP contribution in [0.2, 0.25) is 0 Å². The largest absolute Gasteiger partial charge is 0.467 e. The predicted octanol–water partition coefficient (Wildman–Crippen LogP) is 4.90. The highest BCUT2D eigenvalue weighted by Gasteiger charge is 2.44. The highest BCUT2D eigenvalue weighted by molar-refractivity contribution is 5.78. The molecule has 3 saturated heterocycles. The Morgan fingerprint density at radius 1 is 1.10 bits per heavy atom. The van der Waals surface area contributed by atoms with Crippen molar-refractivity contribution in [3.05, 3.63) is 48.4 Å². The Bertz CT molecular complexity index is 1390. The molecule has 224 valence electrons. The van der Waals surface area contributed by atoms with E-state index in [0.29, 0.717) is 11.4 Å². The van der Waals surface area contributed by atoms with Crippen molar-refractivity contribution in [2.45, 2.75) is 75.9 Å². The van der Waals surface area contributed by atoms with Crippen molar-refractivity contribution in [3.8, 4) is 28.0 Å². The van der Waals surface area contributed by atoms with E-state index in [1.807, 2.05) is 54.5 Å². The van der Waals surface area contributed by atoms with Crippen LogP contribution in [-0.4, -0.2) is 81.7 Å². The van der Waals surface area contributed by atoms with E-state index >= 15 is 0 Å². The minimum Gasteiger partial charge on any atom is -0.467 e. The van der Waals surface area contributed by atoms with Crippen molar-refractivity contribution < 1.29 is 29.2 Å². The Balaban J connectivity index is 1.26. The molecular formula is C31H39N5O6. The van der Waals surface area contributed by atoms with Crippen molar-refractivity contribution in [3.63, 3.8) is 0 Å². The molecule has 4 atom stereocenters. The molecule has 1 aromatic carbocycles. The van der Waals surface area contributed by atoms with Crippen LogP contribution in [0.4, 0.5) is 10.6 Å². The van der Waals surface area contributed by atoms with Crippen molar-refractivity contribution in [2.24, 2.45) is 0 Å². The van der Waals surface area contributed by atoms with Crippen molar-refractivity contribution in [2.75, 3.05) is 32.5 Å². The summed E-state index contributed by atoms with van der Waals surface area (Å²) in [5, 5.41) is 24.6. The molecule has 2 N–H and O–H groups in total. The van der Waals surface area contributed by atoms with Gasteiger partial charge in [-0.2, -0.15) is 5.10 Å². The summed E-state index contributed by atoms with van der Waals surface area (Å²) in [5.74, 6) is 1.37. The Kier molecular flexibility index (Phi) is 8.32. The monoisotopic (exact) mass is 577 g/mol. The van der Waals surface area contributed by atoms with Gasteiger partial charge in [-0.15, -0.1) is 0 Å². The molecule has 11 nitrogen and oxygen atoms in total. The van der Waals surface area contributed by atoms with Crippen LogP contribution in [0.15, 0.2) is 42.7 Å². The minimum atomic E-state index is -0.821. The van der Waals surface area contributed by atoms with E-state index in [1.54, 1.807) is 12.0 Å². The number of carbonyl (C=O) groups is 1. The van der Waals surface area contributed by atoms with Crippen LogP contribution >= 0.6 is 0 Å². The average molecular weight is 578 g/mol. The molecule has 0 spiro atoms. The zero-order chi connectivity index (χ0) is 29.2. The van der Waals surface area contributed by atoms with Crippen LogP contribution in [0.25, 0.3) is 22.3 Å². The van der Waals surface area contributed by atoms with Gasteiger partial charge in [0.05, 0.1) is 18.5 Å². The van der Waals surface area contributed by atoms with Crippen LogP contribution in [0.3, 0.4) is 0 Å². The highest BCUT2D eigenvalue weighted by Crippen LogP contribution is 2.40. The van der Waals surface area contributed by atoms with E-state index in [9.17, 15) is 15.0 Å². The Hall–Kier alpha value is -3.67. The Morgan fingerprint density at radius 3 is 2.57 bits per heavy atom. The summed E-state index contributed by atoms with van der Waals surface area (Å²) >= 11 is 0. The number of fused-ring (bicyclic) bond motifs is 2. The van der Waals surface area contributed by atoms with Crippen molar-refractivity contribution in [1.82, 2.24) is 19.7 Å². The molecule has 42 heavy (non-hydrogen) atoms. The van der Waals surface area contributed by atoms with E-state index in [-0.39, 0.29) is 37.8 Å². The maximum Gasteiger partial charge on any atom is 0.407 e. The summed E-state index contributed by atoms with van der Waals surface area (Å²) in [6.45, 7) is 0.593. The Labute approximate surface area is 245 Å². The second-order valence-corrected chi connectivity index (χ2v) is 11.4. The fourth-order valence-electron chi connectivity index (χ4n) is 6.76. The molecule has 0 saturated carbocycles. The molecule has 6 rings (SSSR count). The van der Waals surface area contributed by atoms with Gasteiger partial charge in [0.25, 0.3) is 0 Å². The van der Waals surface area contributed by atoms with Gasteiger partial charge >= 0.3 is 6.09 Å². The first-order valence-electron chi connectivity index (χ1n) is 14.7. The van der Waals surface area contributed by atoms with Gasteiger partial charge in [0.2, 0.25) is 0 Å². The molecule has 3 fully saturated rings. The standard InChI is InChI=1S/C31H39N5O6/c1-34(24-14-22-7-8-23(15-24)36(22)31(38)39)29-11-10-25(27(18-37)33-29)26-9-6-20(13-28(26)42-19-40-2)21-16-32-35(17-21)30-5-3-4-12-41-30/h6,9-11,13,16-17,22-24,30,37H,3-5,7-8,12,14-15,18-19H2,1-2H3,(H,38,39)/t22-,23+,24-,30?. The molecule has 0 aliphatic carbocycles. The number of aliphatic hydroxyl groups is 1. The van der Waals surface area contributed by atoms with Gasteiger partial charge in [-0.25, -0.2) is 14.5 Å². The normalized spacial score (nSPS) is 23.6. The van der Waals surface area contributed by atoms with E-state index in [1.165, 1.54) is 0 Å². The van der Waals surface area contributed by atoms with E-state index in [0.717, 1.165) is 79.6 Å². The summed E-state index contributed by atoms with van der Waals surface area (Å²) in [4.78, 5) is 20.4. The quantitative estimate of drug-likeness (QED) is 0.342. The summed E-state index contributed by atoms with van der Waals surface area (Å²) in [6.07, 6.45) is 9.52. The first-order valence-corrected chi connectivity index (χ1v) is 14.7. The molecule has 1 amide bonds. The van der Waals surface area contributed by atoms with Gasteiger partial charge in [0.15, 0.2) is 6.79 Å². The van der Waals surface area contributed by atoms with Gasteiger partial charge < -0.3 is 34.2 Å². The van der Waals surface area contributed by atoms with E-state index < -0.39 is 6.09 Å². The molecule has 2 bridgehead atoms. The summed E-state index contributed by atoms with van der Waals surface area (Å²) in [6, 6.07) is 10.2. The topological polar surface area (TPSA) is 122 Å². The number of nitrogens with zero attached hydrogens (tertiary/aromatic N) is 5. The summed E-state index contributed by atoms with van der Waals surface area (Å²) < 4.78 is 19.0. The number of benzene rings is 1. The summed E-state index contributed by atoms with van der Waals surface area (Å²) in [7, 11) is 3.58. The molecular weight excluding hydrogens is 538 g/mol. The lowest BCUT2D eigenvalue weighted by Gasteiger charge is -2.41. The van der Waals surface area contributed by atoms with Crippen LogP contribution < -0.4 is 9.64 Å². The second-order valence-electron chi connectivity index (χ2n) is 11.4. The number of carboxylic acid groups (broad SMARTS) is 1. The zero-order valence-electron chi connectivity index (χ0n) is 24.2. The first-order chi connectivity index (χ1) is 20.5. The lowest BCUT2D eigenvalue weighted by Crippen LogP contribution is -2.51. The lowest BCUT2D eigenvalue weighted by atomic mass is 9.96. The number of anilines is 1. The Morgan fingerprint density at radius 2 is 1.88 bits per heavy atom. The zero-order valence-corrected chi connectivity index (χ0v) is 24.2. The molecule has 3 aliphatic heterocycles. The average Bonchev–Trinajstić information content (AvgIpc) is 3.62. The van der Waals surface area contributed by atoms with Gasteiger partial charge in [0, 0.05) is 61.8 Å². The molecule has 3 aromatic rings. The van der Waals surface area contributed by atoms with Gasteiger partial charge in [0.1, 0.15) is 17.8 Å². The van der Waals surface area contributed by atoms with Gasteiger partial charge in [-0.3, -0.25) is 0 Å². The molecule has 3 aliphatic rings. The SMILES string of the molecule is COCOc1cc(-c2cnn(C3CCCCO3)c2)ccc1-c1ccc(N(C)[C@@H]2C[C@H]3CC[C@@H](C2)N3C(=O)O)nc1CO. The second kappa shape index (κ2) is 12.3. The van der Waals surface area contributed by atoms with Crippen LogP contribution in [-0.2, 0) is 16.1 Å². The number of pyridine rings is 1. The number of aromatic nitrogens is 3.